The van der Waals surface area contributed by atoms with Crippen molar-refractivity contribution in [2.75, 3.05) is 6.61 Å². The Morgan fingerprint density at radius 3 is 2.21 bits per heavy atom. The van der Waals surface area contributed by atoms with Crippen LogP contribution in [-0.4, -0.2) is 30.8 Å². The van der Waals surface area contributed by atoms with Gasteiger partial charge in [0.15, 0.2) is 0 Å². The number of carbonyl (C=O) groups is 1. The van der Waals surface area contributed by atoms with E-state index in [0.717, 1.165) is 24.3 Å². The van der Waals surface area contributed by atoms with Gasteiger partial charge in [0.1, 0.15) is 6.54 Å². The first kappa shape index (κ1) is 28.6. The number of esters is 1. The van der Waals surface area contributed by atoms with Crippen molar-refractivity contribution in [2.45, 2.75) is 56.0 Å². The van der Waals surface area contributed by atoms with Gasteiger partial charge in [-0.2, -0.15) is 31.4 Å². The topological polar surface area (TPSA) is 90.3 Å². The number of alkyl halides is 6. The van der Waals surface area contributed by atoms with Crippen LogP contribution in [0.15, 0.2) is 53.6 Å². The van der Waals surface area contributed by atoms with Gasteiger partial charge >= 0.3 is 18.3 Å². The molecule has 0 amide bonds. The van der Waals surface area contributed by atoms with Crippen LogP contribution in [0.2, 0.25) is 0 Å². The van der Waals surface area contributed by atoms with Crippen molar-refractivity contribution in [1.82, 2.24) is 14.5 Å². The van der Waals surface area contributed by atoms with Crippen molar-refractivity contribution >= 4 is 16.0 Å². The number of fused-ring (bicyclic) bond motifs is 1. The molecular weight excluding hydrogens is 552 g/mol. The van der Waals surface area contributed by atoms with Gasteiger partial charge in [-0.15, -0.1) is 0 Å². The van der Waals surface area contributed by atoms with Crippen molar-refractivity contribution in [3.8, 4) is 11.1 Å². The van der Waals surface area contributed by atoms with Gasteiger partial charge < -0.3 is 4.74 Å². The Hall–Kier alpha value is -3.39. The number of carbonyl (C=O) groups excluding carboxylic acids is 1. The highest BCUT2D eigenvalue weighted by Gasteiger charge is 2.37. The van der Waals surface area contributed by atoms with E-state index >= 15 is 0 Å². The molecule has 1 atom stereocenters. The van der Waals surface area contributed by atoms with E-state index in [1.54, 1.807) is 6.92 Å². The summed E-state index contributed by atoms with van der Waals surface area (Å²) in [5.41, 5.74) is -2.02. The Balaban J connectivity index is 1.58. The van der Waals surface area contributed by atoms with Crippen LogP contribution in [0.3, 0.4) is 0 Å². The third-order valence-corrected chi connectivity index (χ3v) is 7.72. The SMILES string of the molecule is CCOC(=O)Cn1ncc2c1CCCC2NS(=O)(=O)c1ccc(-c2cc(C(F)(F)F)cc(C(F)(F)F)c2)cc1. The van der Waals surface area contributed by atoms with E-state index in [1.807, 2.05) is 0 Å². The van der Waals surface area contributed by atoms with Crippen molar-refractivity contribution in [3.05, 3.63) is 71.0 Å². The summed E-state index contributed by atoms with van der Waals surface area (Å²) in [7, 11) is -4.13. The van der Waals surface area contributed by atoms with Gasteiger partial charge in [0.05, 0.1) is 34.9 Å². The lowest BCUT2D eigenvalue weighted by Crippen LogP contribution is -2.31. The number of benzene rings is 2. The number of rotatable bonds is 7. The maximum Gasteiger partial charge on any atom is 0.416 e. The monoisotopic (exact) mass is 575 g/mol. The zero-order chi connectivity index (χ0) is 28.6. The second-order valence-electron chi connectivity index (χ2n) is 8.89. The van der Waals surface area contributed by atoms with Crippen LogP contribution in [0, 0.1) is 0 Å². The number of nitrogens with zero attached hydrogens (tertiary/aromatic N) is 2. The molecule has 0 saturated carbocycles. The lowest BCUT2D eigenvalue weighted by atomic mass is 9.94. The average molecular weight is 576 g/mol. The van der Waals surface area contributed by atoms with Crippen LogP contribution in [0.4, 0.5) is 26.3 Å². The van der Waals surface area contributed by atoms with Crippen LogP contribution in [0.1, 0.15) is 48.2 Å². The molecule has 0 fully saturated rings. The fourth-order valence-corrected chi connectivity index (χ4v) is 5.66. The zero-order valence-electron chi connectivity index (χ0n) is 20.4. The van der Waals surface area contributed by atoms with E-state index in [4.69, 9.17) is 4.74 Å². The van der Waals surface area contributed by atoms with Gasteiger partial charge in [0.2, 0.25) is 10.0 Å². The molecule has 0 bridgehead atoms. The normalized spacial score (nSPS) is 16.1. The molecule has 2 aromatic carbocycles. The molecule has 0 aliphatic heterocycles. The number of hydrogen-bond acceptors (Lipinski definition) is 5. The lowest BCUT2D eigenvalue weighted by molar-refractivity contribution is -0.144. The van der Waals surface area contributed by atoms with E-state index in [9.17, 15) is 39.6 Å². The van der Waals surface area contributed by atoms with Gasteiger partial charge in [-0.3, -0.25) is 9.48 Å². The molecular formula is C25H23F6N3O4S. The number of nitrogens with one attached hydrogen (secondary N) is 1. The van der Waals surface area contributed by atoms with Crippen molar-refractivity contribution in [1.29, 1.82) is 0 Å². The van der Waals surface area contributed by atoms with E-state index in [0.29, 0.717) is 42.7 Å². The van der Waals surface area contributed by atoms with Crippen LogP contribution in [0.25, 0.3) is 11.1 Å². The molecule has 1 aromatic heterocycles. The van der Waals surface area contributed by atoms with Crippen molar-refractivity contribution in [3.63, 3.8) is 0 Å². The summed E-state index contributed by atoms with van der Waals surface area (Å²) >= 11 is 0. The summed E-state index contributed by atoms with van der Waals surface area (Å²) in [5.74, 6) is -0.477. The molecule has 3 aromatic rings. The quantitative estimate of drug-likeness (QED) is 0.297. The molecule has 0 saturated heterocycles. The molecule has 14 heteroatoms. The Morgan fingerprint density at radius 2 is 1.64 bits per heavy atom. The highest BCUT2D eigenvalue weighted by Crippen LogP contribution is 2.39. The molecule has 210 valence electrons. The molecule has 4 rings (SSSR count). The van der Waals surface area contributed by atoms with Crippen molar-refractivity contribution in [2.24, 2.45) is 0 Å². The Kier molecular flexibility index (Phi) is 7.81. The number of ether oxygens (including phenoxy) is 1. The Morgan fingerprint density at radius 1 is 1.03 bits per heavy atom. The second kappa shape index (κ2) is 10.6. The predicted octanol–water partition coefficient (Wildman–Crippen LogP) is 5.51. The Bertz CT molecular complexity index is 1430. The largest absolute Gasteiger partial charge is 0.465 e. The molecule has 1 aliphatic rings. The fourth-order valence-electron chi connectivity index (χ4n) is 4.41. The fraction of sp³-hybridized carbons (Fsp3) is 0.360. The second-order valence-corrected chi connectivity index (χ2v) is 10.6. The van der Waals surface area contributed by atoms with Gasteiger partial charge in [-0.1, -0.05) is 12.1 Å². The van der Waals surface area contributed by atoms with Gasteiger partial charge in [-0.25, -0.2) is 13.1 Å². The van der Waals surface area contributed by atoms with E-state index in [1.165, 1.54) is 10.9 Å². The molecule has 0 radical (unpaired) electrons. The van der Waals surface area contributed by atoms with Gasteiger partial charge in [0.25, 0.3) is 0 Å². The van der Waals surface area contributed by atoms with Crippen LogP contribution < -0.4 is 4.72 Å². The smallest absolute Gasteiger partial charge is 0.416 e. The van der Waals surface area contributed by atoms with E-state index < -0.39 is 45.5 Å². The third-order valence-electron chi connectivity index (χ3n) is 6.23. The third kappa shape index (κ3) is 6.44. The minimum absolute atomic E-state index is 0.0225. The Labute approximate surface area is 219 Å². The first-order valence-electron chi connectivity index (χ1n) is 11.8. The maximum absolute atomic E-state index is 13.2. The van der Waals surface area contributed by atoms with Crippen LogP contribution >= 0.6 is 0 Å². The molecule has 1 N–H and O–H groups in total. The van der Waals surface area contributed by atoms with Crippen molar-refractivity contribution < 1.29 is 44.3 Å². The zero-order valence-corrected chi connectivity index (χ0v) is 21.3. The molecule has 0 spiro atoms. The first-order chi connectivity index (χ1) is 18.2. The summed E-state index contributed by atoms with van der Waals surface area (Å²) in [6, 6.07) is 5.05. The summed E-state index contributed by atoms with van der Waals surface area (Å²) in [6.07, 6.45) is -6.88. The molecule has 39 heavy (non-hydrogen) atoms. The van der Waals surface area contributed by atoms with E-state index in [2.05, 4.69) is 9.82 Å². The highest BCUT2D eigenvalue weighted by atomic mass is 32.2. The number of aromatic nitrogens is 2. The number of halogens is 6. The molecule has 1 heterocycles. The van der Waals surface area contributed by atoms with E-state index in [-0.39, 0.29) is 35.2 Å². The van der Waals surface area contributed by atoms with Crippen LogP contribution in [-0.2, 0) is 44.9 Å². The lowest BCUT2D eigenvalue weighted by Gasteiger charge is -2.24. The highest BCUT2D eigenvalue weighted by molar-refractivity contribution is 7.89. The summed E-state index contributed by atoms with van der Waals surface area (Å²) < 4.78 is 114. The minimum Gasteiger partial charge on any atom is -0.465 e. The number of sulfonamides is 1. The predicted molar refractivity (Wildman–Crippen MR) is 127 cm³/mol. The van der Waals surface area contributed by atoms with Crippen LogP contribution in [0.5, 0.6) is 0 Å². The maximum atomic E-state index is 13.2. The summed E-state index contributed by atoms with van der Waals surface area (Å²) in [6.45, 7) is 1.77. The first-order valence-corrected chi connectivity index (χ1v) is 13.3. The van der Waals surface area contributed by atoms with Gasteiger partial charge in [-0.05, 0) is 67.6 Å². The minimum atomic E-state index is -5.01. The van der Waals surface area contributed by atoms with Gasteiger partial charge in [0, 0.05) is 11.3 Å². The molecule has 1 aliphatic carbocycles. The standard InChI is InChI=1S/C25H23F6N3O4S/c1-2-38-23(35)14-34-22-5-3-4-21(20(22)13-32-34)33-39(36,37)19-8-6-15(7-9-19)16-10-17(24(26,27)28)12-18(11-16)25(29,30)31/h6-13,21,33H,2-5,14H2,1H3. The average Bonchev–Trinajstić information content (AvgIpc) is 3.26. The summed E-state index contributed by atoms with van der Waals surface area (Å²) in [5, 5.41) is 4.19. The summed E-state index contributed by atoms with van der Waals surface area (Å²) in [4.78, 5) is 11.6. The number of hydrogen-bond donors (Lipinski definition) is 1. The molecule has 1 unspecified atom stereocenters. The molecule has 7 nitrogen and oxygen atoms in total.